The number of benzene rings is 1. The van der Waals surface area contributed by atoms with Crippen LogP contribution in [0.1, 0.15) is 57.4 Å². The van der Waals surface area contributed by atoms with Crippen LogP contribution >= 0.6 is 0 Å². The number of ether oxygens (including phenoxy) is 2. The highest BCUT2D eigenvalue weighted by Crippen LogP contribution is 2.37. The van der Waals surface area contributed by atoms with Gasteiger partial charge in [0.15, 0.2) is 0 Å². The van der Waals surface area contributed by atoms with Gasteiger partial charge in [-0.1, -0.05) is 37.3 Å². The molecule has 136 valence electrons. The van der Waals surface area contributed by atoms with Crippen LogP contribution in [0.2, 0.25) is 0 Å². The summed E-state index contributed by atoms with van der Waals surface area (Å²) >= 11 is 0. The van der Waals surface area contributed by atoms with Crippen LogP contribution in [0.25, 0.3) is 0 Å². The Balaban J connectivity index is 1.57. The van der Waals surface area contributed by atoms with Crippen molar-refractivity contribution in [1.29, 1.82) is 0 Å². The van der Waals surface area contributed by atoms with Crippen molar-refractivity contribution in [3.63, 3.8) is 0 Å². The number of esters is 1. The number of hydrogen-bond donors (Lipinski definition) is 0. The molecule has 1 saturated carbocycles. The number of hydrogen-bond acceptors (Lipinski definition) is 4. The number of likely N-dealkylation sites (tertiary alicyclic amines) is 1. The van der Waals surface area contributed by atoms with E-state index in [9.17, 15) is 9.59 Å². The van der Waals surface area contributed by atoms with Crippen molar-refractivity contribution in [3.8, 4) is 0 Å². The van der Waals surface area contributed by atoms with E-state index >= 15 is 0 Å². The molecule has 2 aliphatic rings. The van der Waals surface area contributed by atoms with Crippen LogP contribution in [0, 0.1) is 0 Å². The molecule has 5 nitrogen and oxygen atoms in total. The van der Waals surface area contributed by atoms with Crippen molar-refractivity contribution in [2.75, 3.05) is 6.54 Å². The highest BCUT2D eigenvalue weighted by atomic mass is 16.6. The Morgan fingerprint density at radius 3 is 2.56 bits per heavy atom. The summed E-state index contributed by atoms with van der Waals surface area (Å²) in [5.74, 6) is -0.266. The molecule has 1 unspecified atom stereocenters. The lowest BCUT2D eigenvalue weighted by molar-refractivity contribution is -0.164. The molecule has 0 radical (unpaired) electrons. The highest BCUT2D eigenvalue weighted by molar-refractivity contribution is 5.82. The second-order valence-electron chi connectivity index (χ2n) is 7.06. The van der Waals surface area contributed by atoms with Crippen molar-refractivity contribution < 1.29 is 19.1 Å². The number of nitrogens with zero attached hydrogens (tertiary/aromatic N) is 1. The summed E-state index contributed by atoms with van der Waals surface area (Å²) in [7, 11) is 0. The quantitative estimate of drug-likeness (QED) is 0.755. The Morgan fingerprint density at radius 1 is 1.16 bits per heavy atom. The van der Waals surface area contributed by atoms with Crippen LogP contribution in [-0.4, -0.2) is 35.2 Å². The zero-order valence-corrected chi connectivity index (χ0v) is 14.9. The Morgan fingerprint density at radius 2 is 1.88 bits per heavy atom. The SMILES string of the molecule is CCC1(OC(=O)C2CCCN2C(=O)OCc2ccccc2)CCCC1. The summed E-state index contributed by atoms with van der Waals surface area (Å²) in [5.41, 5.74) is 0.615. The first-order chi connectivity index (χ1) is 12.1. The number of amides is 1. The third-order valence-corrected chi connectivity index (χ3v) is 5.44. The zero-order chi connectivity index (χ0) is 17.7. The minimum absolute atomic E-state index is 0.219. The average molecular weight is 345 g/mol. The van der Waals surface area contributed by atoms with Gasteiger partial charge < -0.3 is 9.47 Å². The van der Waals surface area contributed by atoms with Crippen LogP contribution in [0.15, 0.2) is 30.3 Å². The molecule has 1 aromatic rings. The molecule has 0 spiro atoms. The van der Waals surface area contributed by atoms with Crippen molar-refractivity contribution in [2.24, 2.45) is 0 Å². The van der Waals surface area contributed by atoms with E-state index in [-0.39, 0.29) is 18.2 Å². The van der Waals surface area contributed by atoms with Crippen LogP contribution in [0.3, 0.4) is 0 Å². The van der Waals surface area contributed by atoms with Gasteiger partial charge in [-0.25, -0.2) is 9.59 Å². The summed E-state index contributed by atoms with van der Waals surface area (Å²) in [6, 6.07) is 9.05. The highest BCUT2D eigenvalue weighted by Gasteiger charge is 2.42. The van der Waals surface area contributed by atoms with Crippen LogP contribution < -0.4 is 0 Å². The van der Waals surface area contributed by atoms with Gasteiger partial charge in [-0.3, -0.25) is 4.90 Å². The van der Waals surface area contributed by atoms with Gasteiger partial charge in [0.05, 0.1) is 0 Å². The second kappa shape index (κ2) is 7.89. The lowest BCUT2D eigenvalue weighted by Crippen LogP contribution is -2.45. The molecule has 0 N–H and O–H groups in total. The molecule has 1 aliphatic heterocycles. The maximum absolute atomic E-state index is 12.7. The van der Waals surface area contributed by atoms with Crippen molar-refractivity contribution in [3.05, 3.63) is 35.9 Å². The van der Waals surface area contributed by atoms with Crippen molar-refractivity contribution >= 4 is 12.1 Å². The lowest BCUT2D eigenvalue weighted by Gasteiger charge is -2.31. The largest absolute Gasteiger partial charge is 0.458 e. The third-order valence-electron chi connectivity index (χ3n) is 5.44. The van der Waals surface area contributed by atoms with Crippen molar-refractivity contribution in [1.82, 2.24) is 4.90 Å². The molecule has 25 heavy (non-hydrogen) atoms. The van der Waals surface area contributed by atoms with Gasteiger partial charge in [-0.05, 0) is 50.5 Å². The smallest absolute Gasteiger partial charge is 0.410 e. The molecule has 0 bridgehead atoms. The average Bonchev–Trinajstić information content (AvgIpc) is 3.30. The first kappa shape index (κ1) is 17.8. The molecule has 1 saturated heterocycles. The Labute approximate surface area is 149 Å². The van der Waals surface area contributed by atoms with Crippen molar-refractivity contribution in [2.45, 2.75) is 70.1 Å². The monoisotopic (exact) mass is 345 g/mol. The number of carbonyl (C=O) groups excluding carboxylic acids is 2. The van der Waals surface area contributed by atoms with Crippen LogP contribution in [-0.2, 0) is 20.9 Å². The summed E-state index contributed by atoms with van der Waals surface area (Å²) in [6.07, 6.45) is 5.94. The van der Waals surface area contributed by atoms with E-state index in [4.69, 9.17) is 9.47 Å². The molecule has 0 aromatic heterocycles. The molecule has 1 aliphatic carbocycles. The fraction of sp³-hybridized carbons (Fsp3) is 0.600. The first-order valence-corrected chi connectivity index (χ1v) is 9.34. The first-order valence-electron chi connectivity index (χ1n) is 9.34. The van der Waals surface area contributed by atoms with Gasteiger partial charge in [0.2, 0.25) is 0 Å². The molecule has 1 atom stereocenters. The van der Waals surface area contributed by atoms with E-state index in [0.29, 0.717) is 13.0 Å². The van der Waals surface area contributed by atoms with Crippen LogP contribution in [0.4, 0.5) is 4.79 Å². The fourth-order valence-corrected chi connectivity index (χ4v) is 3.86. The van der Waals surface area contributed by atoms with Gasteiger partial charge in [0.1, 0.15) is 18.2 Å². The van der Waals surface area contributed by atoms with E-state index in [2.05, 4.69) is 6.92 Å². The summed E-state index contributed by atoms with van der Waals surface area (Å²) in [4.78, 5) is 26.6. The minimum Gasteiger partial charge on any atom is -0.458 e. The van der Waals surface area contributed by atoms with Crippen LogP contribution in [0.5, 0.6) is 0 Å². The van der Waals surface area contributed by atoms with Gasteiger partial charge in [0, 0.05) is 6.54 Å². The summed E-state index contributed by atoms with van der Waals surface area (Å²) in [5, 5.41) is 0. The molecule has 1 heterocycles. The number of carbonyl (C=O) groups is 2. The van der Waals surface area contributed by atoms with E-state index in [1.165, 1.54) is 4.90 Å². The lowest BCUT2D eigenvalue weighted by atomic mass is 9.98. The fourth-order valence-electron chi connectivity index (χ4n) is 3.86. The maximum atomic E-state index is 12.7. The van der Waals surface area contributed by atoms with E-state index in [1.54, 1.807) is 0 Å². The second-order valence-corrected chi connectivity index (χ2v) is 7.06. The van der Waals surface area contributed by atoms with Gasteiger partial charge in [0.25, 0.3) is 0 Å². The zero-order valence-electron chi connectivity index (χ0n) is 14.9. The summed E-state index contributed by atoms with van der Waals surface area (Å²) in [6.45, 7) is 2.84. The maximum Gasteiger partial charge on any atom is 0.410 e. The molecule has 5 heteroatoms. The van der Waals surface area contributed by atoms with E-state index in [1.807, 2.05) is 30.3 Å². The molecule has 1 amide bonds. The van der Waals surface area contributed by atoms with Gasteiger partial charge in [-0.2, -0.15) is 0 Å². The Hall–Kier alpha value is -2.04. The standard InChI is InChI=1S/C20H27NO4/c1-2-20(12-6-7-13-20)25-18(22)17-11-8-14-21(17)19(23)24-15-16-9-4-3-5-10-16/h3-5,9-10,17H,2,6-8,11-15H2,1H3. The number of rotatable bonds is 5. The predicted molar refractivity (Wildman–Crippen MR) is 93.9 cm³/mol. The molecule has 3 rings (SSSR count). The van der Waals surface area contributed by atoms with E-state index in [0.717, 1.165) is 44.1 Å². The summed E-state index contributed by atoms with van der Waals surface area (Å²) < 4.78 is 11.3. The molecular weight excluding hydrogens is 318 g/mol. The predicted octanol–water partition coefficient (Wildman–Crippen LogP) is 4.05. The Kier molecular flexibility index (Phi) is 5.61. The normalized spacial score (nSPS) is 22.0. The molecule has 1 aromatic carbocycles. The topological polar surface area (TPSA) is 55.8 Å². The Bertz CT molecular complexity index is 595. The molecule has 2 fully saturated rings. The molecular formula is C20H27NO4. The van der Waals surface area contributed by atoms with Gasteiger partial charge in [-0.15, -0.1) is 0 Å². The third kappa shape index (κ3) is 4.14. The van der Waals surface area contributed by atoms with E-state index < -0.39 is 12.1 Å². The van der Waals surface area contributed by atoms with Gasteiger partial charge >= 0.3 is 12.1 Å². The minimum atomic E-state index is -0.507.